The second-order valence-corrected chi connectivity index (χ2v) is 6.48. The van der Waals surface area contributed by atoms with Crippen LogP contribution in [0, 0.1) is 0 Å². The molecule has 0 radical (unpaired) electrons. The van der Waals surface area contributed by atoms with E-state index in [4.69, 9.17) is 10.8 Å². The summed E-state index contributed by atoms with van der Waals surface area (Å²) in [4.78, 5) is 57.5. The number of rotatable bonds is 11. The van der Waals surface area contributed by atoms with Crippen molar-refractivity contribution < 1.29 is 39.3 Å². The lowest BCUT2D eigenvalue weighted by Crippen LogP contribution is -2.53. The fraction of sp³-hybridized carbons (Fsp3) is 0.389. The predicted molar refractivity (Wildman–Crippen MR) is 102 cm³/mol. The topological polar surface area (TPSA) is 208 Å². The van der Waals surface area contributed by atoms with Crippen LogP contribution in [-0.2, 0) is 30.4 Å². The third-order valence-electron chi connectivity index (χ3n) is 3.92. The first-order chi connectivity index (χ1) is 14.0. The van der Waals surface area contributed by atoms with Crippen LogP contribution in [0.1, 0.15) is 18.9 Å². The number of carboxylic acids is 2. The van der Waals surface area contributed by atoms with Gasteiger partial charge in [-0.15, -0.1) is 0 Å². The van der Waals surface area contributed by atoms with Gasteiger partial charge >= 0.3 is 11.9 Å². The minimum Gasteiger partial charge on any atom is -0.508 e. The molecule has 164 valence electrons. The summed E-state index contributed by atoms with van der Waals surface area (Å²) in [5, 5.41) is 33.9. The minimum absolute atomic E-state index is 0.0157. The summed E-state index contributed by atoms with van der Waals surface area (Å²) in [5.74, 6) is -4.89. The number of hydrogen-bond donors (Lipinski definition) is 7. The molecule has 0 saturated heterocycles. The molecule has 0 aromatic heterocycles. The quantitative estimate of drug-likeness (QED) is 0.208. The lowest BCUT2D eigenvalue weighted by molar-refractivity contribution is -0.142. The van der Waals surface area contributed by atoms with Gasteiger partial charge in [0.05, 0.1) is 19.0 Å². The van der Waals surface area contributed by atoms with Crippen LogP contribution in [0.3, 0.4) is 0 Å². The largest absolute Gasteiger partial charge is 0.508 e. The lowest BCUT2D eigenvalue weighted by Gasteiger charge is -2.19. The Morgan fingerprint density at radius 1 is 1.00 bits per heavy atom. The van der Waals surface area contributed by atoms with E-state index >= 15 is 0 Å². The van der Waals surface area contributed by atoms with Crippen LogP contribution in [0.2, 0.25) is 0 Å². The molecule has 0 aliphatic carbocycles. The van der Waals surface area contributed by atoms with E-state index in [0.29, 0.717) is 5.56 Å². The van der Waals surface area contributed by atoms with Crippen molar-refractivity contribution in [1.29, 1.82) is 0 Å². The maximum atomic E-state index is 12.2. The van der Waals surface area contributed by atoms with Crippen LogP contribution >= 0.6 is 0 Å². The molecule has 1 aromatic carbocycles. The maximum Gasteiger partial charge on any atom is 0.326 e. The van der Waals surface area contributed by atoms with E-state index in [1.54, 1.807) is 0 Å². The van der Waals surface area contributed by atoms with Crippen molar-refractivity contribution in [1.82, 2.24) is 16.0 Å². The Kier molecular flexibility index (Phi) is 9.23. The third kappa shape index (κ3) is 8.56. The van der Waals surface area contributed by atoms with E-state index in [9.17, 15) is 34.2 Å². The van der Waals surface area contributed by atoms with Gasteiger partial charge in [0.1, 0.15) is 17.8 Å². The minimum atomic E-state index is -1.33. The Hall–Kier alpha value is -3.67. The number of carbonyl (C=O) groups excluding carboxylic acids is 3. The number of phenols is 1. The van der Waals surface area contributed by atoms with E-state index < -0.39 is 60.8 Å². The summed E-state index contributed by atoms with van der Waals surface area (Å²) >= 11 is 0. The van der Waals surface area contributed by atoms with Crippen LogP contribution in [0.25, 0.3) is 0 Å². The van der Waals surface area contributed by atoms with Gasteiger partial charge in [-0.25, -0.2) is 4.79 Å². The molecule has 0 aliphatic heterocycles. The molecule has 0 aliphatic rings. The van der Waals surface area contributed by atoms with Crippen LogP contribution in [0.15, 0.2) is 24.3 Å². The van der Waals surface area contributed by atoms with E-state index in [-0.39, 0.29) is 12.2 Å². The maximum absolute atomic E-state index is 12.2. The number of benzene rings is 1. The molecule has 0 bridgehead atoms. The molecule has 0 fully saturated rings. The Morgan fingerprint density at radius 3 is 2.13 bits per heavy atom. The number of carboxylic acid groups (broad SMARTS) is 2. The summed E-state index contributed by atoms with van der Waals surface area (Å²) < 4.78 is 0. The Morgan fingerprint density at radius 2 is 1.60 bits per heavy atom. The summed E-state index contributed by atoms with van der Waals surface area (Å²) in [5.41, 5.74) is 5.92. The molecular formula is C18H24N4O8. The zero-order valence-corrected chi connectivity index (χ0v) is 16.1. The van der Waals surface area contributed by atoms with Crippen molar-refractivity contribution in [2.45, 2.75) is 37.9 Å². The molecule has 3 unspecified atom stereocenters. The van der Waals surface area contributed by atoms with Crippen LogP contribution in [-0.4, -0.2) is 69.7 Å². The summed E-state index contributed by atoms with van der Waals surface area (Å²) in [7, 11) is 0. The van der Waals surface area contributed by atoms with Crippen molar-refractivity contribution in [3.8, 4) is 5.75 Å². The van der Waals surface area contributed by atoms with Gasteiger partial charge in [-0.3, -0.25) is 19.2 Å². The van der Waals surface area contributed by atoms with E-state index in [1.165, 1.54) is 31.2 Å². The van der Waals surface area contributed by atoms with Crippen molar-refractivity contribution in [2.24, 2.45) is 5.73 Å². The van der Waals surface area contributed by atoms with Gasteiger partial charge in [-0.2, -0.15) is 0 Å². The average molecular weight is 424 g/mol. The summed E-state index contributed by atoms with van der Waals surface area (Å²) in [6.07, 6.45) is -0.649. The van der Waals surface area contributed by atoms with Crippen molar-refractivity contribution in [3.05, 3.63) is 29.8 Å². The number of phenolic OH excluding ortho intramolecular Hbond substituents is 1. The first kappa shape index (κ1) is 24.4. The molecule has 3 amide bonds. The van der Waals surface area contributed by atoms with Crippen molar-refractivity contribution in [2.75, 3.05) is 6.54 Å². The van der Waals surface area contributed by atoms with Gasteiger partial charge < -0.3 is 37.0 Å². The van der Waals surface area contributed by atoms with Gasteiger partial charge in [-0.1, -0.05) is 12.1 Å². The van der Waals surface area contributed by atoms with Crippen LogP contribution in [0.4, 0.5) is 0 Å². The average Bonchev–Trinajstić information content (AvgIpc) is 2.66. The van der Waals surface area contributed by atoms with E-state index in [1.807, 2.05) is 0 Å². The molecule has 8 N–H and O–H groups in total. The number of hydrogen-bond acceptors (Lipinski definition) is 7. The van der Waals surface area contributed by atoms with Gasteiger partial charge in [0.25, 0.3) is 0 Å². The van der Waals surface area contributed by atoms with Gasteiger partial charge in [0.15, 0.2) is 0 Å². The monoisotopic (exact) mass is 424 g/mol. The molecular weight excluding hydrogens is 400 g/mol. The molecule has 0 heterocycles. The third-order valence-corrected chi connectivity index (χ3v) is 3.92. The molecule has 12 heteroatoms. The second kappa shape index (κ2) is 11.4. The Balaban J connectivity index is 2.53. The van der Waals surface area contributed by atoms with Crippen LogP contribution in [0.5, 0.6) is 5.75 Å². The molecule has 1 rings (SSSR count). The molecule has 1 aromatic rings. The molecule has 0 spiro atoms. The SMILES string of the molecule is CC(NC(=O)CNC(=O)C(N)CC(=O)O)C(=O)NC(Cc1ccc(O)cc1)C(=O)O. The lowest BCUT2D eigenvalue weighted by atomic mass is 10.1. The summed E-state index contributed by atoms with van der Waals surface area (Å²) in [6.45, 7) is 0.782. The number of carbonyl (C=O) groups is 5. The number of nitrogens with two attached hydrogens (primary N) is 1. The zero-order chi connectivity index (χ0) is 22.8. The Labute approximate surface area is 171 Å². The van der Waals surface area contributed by atoms with E-state index in [0.717, 1.165) is 0 Å². The fourth-order valence-corrected chi connectivity index (χ4v) is 2.30. The highest BCUT2D eigenvalue weighted by molar-refractivity contribution is 5.93. The first-order valence-electron chi connectivity index (χ1n) is 8.85. The van der Waals surface area contributed by atoms with E-state index in [2.05, 4.69) is 16.0 Å². The zero-order valence-electron chi connectivity index (χ0n) is 16.1. The van der Waals surface area contributed by atoms with Crippen molar-refractivity contribution >= 4 is 29.7 Å². The number of nitrogens with one attached hydrogen (secondary N) is 3. The Bertz CT molecular complexity index is 796. The highest BCUT2D eigenvalue weighted by Crippen LogP contribution is 2.11. The number of aromatic hydroxyl groups is 1. The first-order valence-corrected chi connectivity index (χ1v) is 8.85. The fourth-order valence-electron chi connectivity index (χ4n) is 2.30. The van der Waals surface area contributed by atoms with Crippen molar-refractivity contribution in [3.63, 3.8) is 0 Å². The molecule has 0 saturated carbocycles. The number of amides is 3. The molecule has 3 atom stereocenters. The number of aliphatic carboxylic acids is 2. The normalized spacial score (nSPS) is 13.4. The van der Waals surface area contributed by atoms with Gasteiger partial charge in [-0.05, 0) is 24.6 Å². The predicted octanol–water partition coefficient (Wildman–Crippen LogP) is -2.07. The standard InChI is InChI=1S/C18H24N4O8/c1-9(21-14(24)8-20-17(28)12(19)7-15(25)26)16(27)22-13(18(29)30)6-10-2-4-11(23)5-3-10/h2-5,9,12-13,23H,6-8,19H2,1H3,(H,20,28)(H,21,24)(H,22,27)(H,25,26)(H,29,30). The van der Waals surface area contributed by atoms with Crippen LogP contribution < -0.4 is 21.7 Å². The smallest absolute Gasteiger partial charge is 0.326 e. The van der Waals surface area contributed by atoms with Gasteiger partial charge in [0, 0.05) is 6.42 Å². The second-order valence-electron chi connectivity index (χ2n) is 6.48. The highest BCUT2D eigenvalue weighted by atomic mass is 16.4. The molecule has 12 nitrogen and oxygen atoms in total. The van der Waals surface area contributed by atoms with Gasteiger partial charge in [0.2, 0.25) is 17.7 Å². The highest BCUT2D eigenvalue weighted by Gasteiger charge is 2.24. The summed E-state index contributed by atoms with van der Waals surface area (Å²) in [6, 6.07) is 2.09. The molecule has 30 heavy (non-hydrogen) atoms.